The van der Waals surface area contributed by atoms with Gasteiger partial charge < -0.3 is 15.3 Å². The molecule has 0 aromatic heterocycles. The van der Waals surface area contributed by atoms with Gasteiger partial charge in [0.2, 0.25) is 0 Å². The van der Waals surface area contributed by atoms with Crippen LogP contribution in [0.1, 0.15) is 16.8 Å². The maximum atomic E-state index is 11.2. The Morgan fingerprint density at radius 2 is 2.15 bits per heavy atom. The van der Waals surface area contributed by atoms with E-state index in [0.717, 1.165) is 42.3 Å². The Kier molecular flexibility index (Phi) is 3.32. The van der Waals surface area contributed by atoms with E-state index in [1.165, 1.54) is 0 Å². The van der Waals surface area contributed by atoms with Crippen LogP contribution in [0.2, 0.25) is 0 Å². The Morgan fingerprint density at radius 3 is 2.85 bits per heavy atom. The van der Waals surface area contributed by atoms with Crippen LogP contribution in [0.5, 0.6) is 5.75 Å². The van der Waals surface area contributed by atoms with Crippen molar-refractivity contribution in [3.05, 3.63) is 35.9 Å². The van der Waals surface area contributed by atoms with E-state index in [9.17, 15) is 9.90 Å². The van der Waals surface area contributed by atoms with Gasteiger partial charge in [-0.25, -0.2) is 0 Å². The van der Waals surface area contributed by atoms with Crippen molar-refractivity contribution < 1.29 is 9.90 Å². The summed E-state index contributed by atoms with van der Waals surface area (Å²) in [6.07, 6.45) is 1.84. The maximum absolute atomic E-state index is 11.2. The molecule has 3 rings (SSSR count). The molecule has 1 aliphatic rings. The number of benzene rings is 2. The third-order valence-electron chi connectivity index (χ3n) is 4.10. The van der Waals surface area contributed by atoms with E-state index in [2.05, 4.69) is 16.3 Å². The minimum atomic E-state index is 0.0409. The number of fused-ring (bicyclic) bond motifs is 1. The van der Waals surface area contributed by atoms with E-state index in [1.54, 1.807) is 6.07 Å². The number of aromatic hydroxyl groups is 1. The number of carbonyl (C=O) groups excluding carboxylic acids is 1. The molecule has 0 saturated carbocycles. The number of aldehydes is 1. The second kappa shape index (κ2) is 5.13. The standard InChI is InChI=1S/C16H18N2O2/c1-17-12-6-7-18(9-12)13-4-2-11-3-5-16(20)15(10-19)14(11)8-13/h2-5,8,10,12,17,20H,6-7,9H2,1H3. The summed E-state index contributed by atoms with van der Waals surface area (Å²) in [7, 11) is 1.98. The van der Waals surface area contributed by atoms with Crippen LogP contribution < -0.4 is 10.2 Å². The molecule has 2 N–H and O–H groups in total. The number of hydrogen-bond acceptors (Lipinski definition) is 4. The molecule has 2 aromatic rings. The molecular formula is C16H18N2O2. The highest BCUT2D eigenvalue weighted by molar-refractivity contribution is 6.02. The van der Waals surface area contributed by atoms with Gasteiger partial charge in [0, 0.05) is 24.8 Å². The van der Waals surface area contributed by atoms with Crippen LogP contribution in [0.4, 0.5) is 5.69 Å². The number of anilines is 1. The van der Waals surface area contributed by atoms with Gasteiger partial charge in [-0.3, -0.25) is 4.79 Å². The second-order valence-corrected chi connectivity index (χ2v) is 5.24. The molecule has 4 nitrogen and oxygen atoms in total. The molecule has 0 aliphatic carbocycles. The summed E-state index contributed by atoms with van der Waals surface area (Å²) < 4.78 is 0. The van der Waals surface area contributed by atoms with Crippen molar-refractivity contribution >= 4 is 22.7 Å². The molecule has 1 heterocycles. The van der Waals surface area contributed by atoms with E-state index in [4.69, 9.17) is 0 Å². The molecule has 0 spiro atoms. The number of likely N-dealkylation sites (N-methyl/N-ethyl adjacent to an activating group) is 1. The lowest BCUT2D eigenvalue weighted by atomic mass is 10.0. The lowest BCUT2D eigenvalue weighted by Gasteiger charge is -2.19. The van der Waals surface area contributed by atoms with Gasteiger partial charge in [-0.2, -0.15) is 0 Å². The Hall–Kier alpha value is -2.07. The molecular weight excluding hydrogens is 252 g/mol. The topological polar surface area (TPSA) is 52.6 Å². The van der Waals surface area contributed by atoms with Gasteiger partial charge in [0.1, 0.15) is 5.75 Å². The van der Waals surface area contributed by atoms with Crippen LogP contribution >= 0.6 is 0 Å². The molecule has 20 heavy (non-hydrogen) atoms. The number of phenols is 1. The molecule has 0 amide bonds. The van der Waals surface area contributed by atoms with Crippen molar-refractivity contribution in [3.8, 4) is 5.75 Å². The molecule has 1 aliphatic heterocycles. The first-order valence-corrected chi connectivity index (χ1v) is 6.86. The van der Waals surface area contributed by atoms with Crippen LogP contribution in [0.15, 0.2) is 30.3 Å². The summed E-state index contributed by atoms with van der Waals surface area (Å²) in [4.78, 5) is 13.5. The number of nitrogens with zero attached hydrogens (tertiary/aromatic N) is 1. The van der Waals surface area contributed by atoms with Gasteiger partial charge in [-0.15, -0.1) is 0 Å². The van der Waals surface area contributed by atoms with Crippen molar-refractivity contribution in [1.82, 2.24) is 5.32 Å². The molecule has 2 aromatic carbocycles. The zero-order valence-electron chi connectivity index (χ0n) is 11.5. The third kappa shape index (κ3) is 2.12. The van der Waals surface area contributed by atoms with Gasteiger partial charge in [0.25, 0.3) is 0 Å². The molecule has 1 atom stereocenters. The minimum absolute atomic E-state index is 0.0409. The third-order valence-corrected chi connectivity index (χ3v) is 4.10. The first kappa shape index (κ1) is 12.9. The fourth-order valence-electron chi connectivity index (χ4n) is 2.87. The first-order chi connectivity index (χ1) is 9.72. The Bertz CT molecular complexity index is 654. The van der Waals surface area contributed by atoms with Crippen molar-refractivity contribution in [1.29, 1.82) is 0 Å². The lowest BCUT2D eigenvalue weighted by molar-refractivity contribution is 0.112. The summed E-state index contributed by atoms with van der Waals surface area (Å²) in [5.41, 5.74) is 1.47. The van der Waals surface area contributed by atoms with Gasteiger partial charge in [0.05, 0.1) is 5.56 Å². The van der Waals surface area contributed by atoms with Crippen LogP contribution in [0.3, 0.4) is 0 Å². The number of rotatable bonds is 3. The predicted octanol–water partition coefficient (Wildman–Crippen LogP) is 2.16. The summed E-state index contributed by atoms with van der Waals surface area (Å²) in [6, 6.07) is 9.99. The zero-order valence-corrected chi connectivity index (χ0v) is 11.5. The molecule has 0 radical (unpaired) electrons. The van der Waals surface area contributed by atoms with E-state index in [-0.39, 0.29) is 5.75 Å². The molecule has 1 unspecified atom stereocenters. The van der Waals surface area contributed by atoms with Gasteiger partial charge in [-0.1, -0.05) is 12.1 Å². The van der Waals surface area contributed by atoms with Crippen LogP contribution in [-0.2, 0) is 0 Å². The smallest absolute Gasteiger partial charge is 0.154 e. The molecule has 1 fully saturated rings. The number of phenolic OH excluding ortho intramolecular Hbond substituents is 1. The maximum Gasteiger partial charge on any atom is 0.154 e. The monoisotopic (exact) mass is 270 g/mol. The Balaban J connectivity index is 2.04. The number of carbonyl (C=O) groups is 1. The van der Waals surface area contributed by atoms with Crippen LogP contribution in [-0.4, -0.2) is 37.6 Å². The fourth-order valence-corrected chi connectivity index (χ4v) is 2.87. The van der Waals surface area contributed by atoms with Crippen LogP contribution in [0, 0.1) is 0 Å². The lowest BCUT2D eigenvalue weighted by Crippen LogP contribution is -2.29. The van der Waals surface area contributed by atoms with Gasteiger partial charge >= 0.3 is 0 Å². The van der Waals surface area contributed by atoms with Crippen molar-refractivity contribution in [3.63, 3.8) is 0 Å². The summed E-state index contributed by atoms with van der Waals surface area (Å²) in [6.45, 7) is 1.98. The highest BCUT2D eigenvalue weighted by Gasteiger charge is 2.21. The average Bonchev–Trinajstić information content (AvgIpc) is 2.95. The van der Waals surface area contributed by atoms with E-state index < -0.39 is 0 Å². The fraction of sp³-hybridized carbons (Fsp3) is 0.312. The first-order valence-electron chi connectivity index (χ1n) is 6.86. The summed E-state index contributed by atoms with van der Waals surface area (Å²) >= 11 is 0. The van der Waals surface area contributed by atoms with Gasteiger partial charge in [-0.05, 0) is 42.4 Å². The van der Waals surface area contributed by atoms with Gasteiger partial charge in [0.15, 0.2) is 6.29 Å². The highest BCUT2D eigenvalue weighted by atomic mass is 16.3. The Labute approximate surface area is 118 Å². The predicted molar refractivity (Wildman–Crippen MR) is 80.7 cm³/mol. The summed E-state index contributed by atoms with van der Waals surface area (Å²) in [5.74, 6) is 0.0409. The summed E-state index contributed by atoms with van der Waals surface area (Å²) in [5, 5.41) is 14.9. The Morgan fingerprint density at radius 1 is 1.35 bits per heavy atom. The highest BCUT2D eigenvalue weighted by Crippen LogP contribution is 2.30. The number of hydrogen-bond donors (Lipinski definition) is 2. The van der Waals surface area contributed by atoms with Crippen LogP contribution in [0.25, 0.3) is 10.8 Å². The SMILES string of the molecule is CNC1CCN(c2ccc3ccc(O)c(C=O)c3c2)C1. The van der Waals surface area contributed by atoms with E-state index >= 15 is 0 Å². The second-order valence-electron chi connectivity index (χ2n) is 5.24. The minimum Gasteiger partial charge on any atom is -0.507 e. The zero-order chi connectivity index (χ0) is 14.1. The largest absolute Gasteiger partial charge is 0.507 e. The molecule has 4 heteroatoms. The van der Waals surface area contributed by atoms with E-state index in [1.807, 2.05) is 25.2 Å². The average molecular weight is 270 g/mol. The number of nitrogens with one attached hydrogen (secondary N) is 1. The molecule has 0 bridgehead atoms. The molecule has 104 valence electrons. The van der Waals surface area contributed by atoms with Crippen molar-refractivity contribution in [2.75, 3.05) is 25.0 Å². The van der Waals surface area contributed by atoms with E-state index in [0.29, 0.717) is 11.6 Å². The van der Waals surface area contributed by atoms with Crippen molar-refractivity contribution in [2.45, 2.75) is 12.5 Å². The molecule has 1 saturated heterocycles. The quantitative estimate of drug-likeness (QED) is 0.839. The normalized spacial score (nSPS) is 18.6. The van der Waals surface area contributed by atoms with Crippen molar-refractivity contribution in [2.24, 2.45) is 0 Å².